The van der Waals surface area contributed by atoms with Crippen molar-refractivity contribution in [2.45, 2.75) is 46.1 Å². The Kier molecular flexibility index (Phi) is 7.28. The first-order valence-corrected chi connectivity index (χ1v) is 7.22. The van der Waals surface area contributed by atoms with Gasteiger partial charge in [-0.25, -0.2) is 0 Å². The summed E-state index contributed by atoms with van der Waals surface area (Å²) < 4.78 is 5.39. The van der Waals surface area contributed by atoms with Crippen LogP contribution in [0.15, 0.2) is 0 Å². The molecule has 0 aromatic rings. The molecule has 0 aromatic heterocycles. The van der Waals surface area contributed by atoms with Crippen molar-refractivity contribution in [3.05, 3.63) is 0 Å². The van der Waals surface area contributed by atoms with Gasteiger partial charge in [-0.2, -0.15) is 0 Å². The fourth-order valence-electron chi connectivity index (χ4n) is 2.40. The van der Waals surface area contributed by atoms with E-state index in [1.54, 1.807) is 0 Å². The minimum Gasteiger partial charge on any atom is -0.379 e. The summed E-state index contributed by atoms with van der Waals surface area (Å²) in [4.78, 5) is 14.0. The highest BCUT2D eigenvalue weighted by Crippen LogP contribution is 2.13. The van der Waals surface area contributed by atoms with E-state index in [1.165, 1.54) is 0 Å². The predicted octanol–water partition coefficient (Wildman–Crippen LogP) is 1.65. The van der Waals surface area contributed by atoms with Crippen molar-refractivity contribution in [3.63, 3.8) is 0 Å². The van der Waals surface area contributed by atoms with E-state index in [0.29, 0.717) is 18.4 Å². The van der Waals surface area contributed by atoms with Crippen LogP contribution in [0.5, 0.6) is 0 Å². The van der Waals surface area contributed by atoms with Gasteiger partial charge in [-0.3, -0.25) is 9.69 Å². The molecule has 1 fully saturated rings. The molecule has 4 heteroatoms. The largest absolute Gasteiger partial charge is 0.379 e. The first-order chi connectivity index (χ1) is 8.63. The van der Waals surface area contributed by atoms with Crippen LogP contribution in [-0.4, -0.2) is 49.7 Å². The lowest BCUT2D eigenvalue weighted by atomic mass is 10.0. The molecule has 1 amide bonds. The Bertz CT molecular complexity index is 238. The van der Waals surface area contributed by atoms with Crippen molar-refractivity contribution in [1.29, 1.82) is 0 Å². The van der Waals surface area contributed by atoms with Crippen molar-refractivity contribution >= 4 is 5.91 Å². The lowest BCUT2D eigenvalue weighted by molar-refractivity contribution is -0.121. The average molecular weight is 256 g/mol. The zero-order valence-corrected chi connectivity index (χ0v) is 12.1. The van der Waals surface area contributed by atoms with Crippen molar-refractivity contribution < 1.29 is 9.53 Å². The summed E-state index contributed by atoms with van der Waals surface area (Å²) in [6.45, 7) is 10.9. The molecule has 1 unspecified atom stereocenters. The average Bonchev–Trinajstić information content (AvgIpc) is 2.35. The summed E-state index contributed by atoms with van der Waals surface area (Å²) in [5.41, 5.74) is 0. The molecule has 1 rings (SSSR count). The molecule has 0 spiro atoms. The summed E-state index contributed by atoms with van der Waals surface area (Å²) in [6, 6.07) is 0.453. The number of morpholine rings is 1. The molecule has 0 aliphatic carbocycles. The van der Waals surface area contributed by atoms with E-state index in [2.05, 4.69) is 24.1 Å². The van der Waals surface area contributed by atoms with E-state index < -0.39 is 0 Å². The van der Waals surface area contributed by atoms with Gasteiger partial charge in [0.2, 0.25) is 5.91 Å². The van der Waals surface area contributed by atoms with Gasteiger partial charge in [0.25, 0.3) is 0 Å². The monoisotopic (exact) mass is 256 g/mol. The third kappa shape index (κ3) is 5.83. The summed E-state index contributed by atoms with van der Waals surface area (Å²) in [6.07, 6.45) is 2.68. The van der Waals surface area contributed by atoms with E-state index >= 15 is 0 Å². The maximum absolute atomic E-state index is 11.6. The SMILES string of the molecule is CCCC(=O)NCC(CC(C)C)N1CCOCC1. The van der Waals surface area contributed by atoms with Gasteiger partial charge in [0, 0.05) is 32.1 Å². The van der Waals surface area contributed by atoms with Crippen LogP contribution in [0.1, 0.15) is 40.0 Å². The molecule has 18 heavy (non-hydrogen) atoms. The van der Waals surface area contributed by atoms with Gasteiger partial charge in [0.15, 0.2) is 0 Å². The highest BCUT2D eigenvalue weighted by molar-refractivity contribution is 5.75. The summed E-state index contributed by atoms with van der Waals surface area (Å²) in [5.74, 6) is 0.834. The Hall–Kier alpha value is -0.610. The van der Waals surface area contributed by atoms with Gasteiger partial charge >= 0.3 is 0 Å². The second kappa shape index (κ2) is 8.48. The topological polar surface area (TPSA) is 41.6 Å². The van der Waals surface area contributed by atoms with Crippen LogP contribution in [-0.2, 0) is 9.53 Å². The standard InChI is InChI=1S/C14H28N2O2/c1-4-5-14(17)15-11-13(10-12(2)3)16-6-8-18-9-7-16/h12-13H,4-11H2,1-3H3,(H,15,17). The Morgan fingerprint density at radius 2 is 2.00 bits per heavy atom. The molecular formula is C14H28N2O2. The molecular weight excluding hydrogens is 228 g/mol. The Balaban J connectivity index is 2.41. The van der Waals surface area contributed by atoms with Gasteiger partial charge in [0.05, 0.1) is 13.2 Å². The Morgan fingerprint density at radius 1 is 1.33 bits per heavy atom. The molecule has 106 valence electrons. The van der Waals surface area contributed by atoms with Crippen molar-refractivity contribution in [2.24, 2.45) is 5.92 Å². The van der Waals surface area contributed by atoms with Crippen molar-refractivity contribution in [1.82, 2.24) is 10.2 Å². The normalized spacial score (nSPS) is 18.9. The van der Waals surface area contributed by atoms with E-state index in [4.69, 9.17) is 4.74 Å². The van der Waals surface area contributed by atoms with Gasteiger partial charge in [-0.1, -0.05) is 20.8 Å². The molecule has 1 aliphatic rings. The molecule has 0 bridgehead atoms. The minimum atomic E-state index is 0.180. The van der Waals surface area contributed by atoms with E-state index in [9.17, 15) is 4.79 Å². The van der Waals surface area contributed by atoms with Crippen LogP contribution in [0.4, 0.5) is 0 Å². The summed E-state index contributed by atoms with van der Waals surface area (Å²) in [7, 11) is 0. The third-order valence-electron chi connectivity index (χ3n) is 3.32. The van der Waals surface area contributed by atoms with Gasteiger partial charge < -0.3 is 10.1 Å². The smallest absolute Gasteiger partial charge is 0.220 e. The molecule has 4 nitrogen and oxygen atoms in total. The number of hydrogen-bond donors (Lipinski definition) is 1. The number of nitrogens with one attached hydrogen (secondary N) is 1. The molecule has 1 aliphatic heterocycles. The van der Waals surface area contributed by atoms with Crippen LogP contribution in [0, 0.1) is 5.92 Å². The first-order valence-electron chi connectivity index (χ1n) is 7.22. The van der Waals surface area contributed by atoms with Crippen LogP contribution in [0.3, 0.4) is 0 Å². The van der Waals surface area contributed by atoms with Gasteiger partial charge in [0.1, 0.15) is 0 Å². The van der Waals surface area contributed by atoms with Gasteiger partial charge in [-0.15, -0.1) is 0 Å². The quantitative estimate of drug-likeness (QED) is 0.753. The molecule has 0 aromatic carbocycles. The minimum absolute atomic E-state index is 0.180. The molecule has 0 saturated carbocycles. The van der Waals surface area contributed by atoms with Crippen molar-refractivity contribution in [2.75, 3.05) is 32.8 Å². The van der Waals surface area contributed by atoms with Crippen molar-refractivity contribution in [3.8, 4) is 0 Å². The zero-order chi connectivity index (χ0) is 13.4. The number of amides is 1. The number of hydrogen-bond acceptors (Lipinski definition) is 3. The lowest BCUT2D eigenvalue weighted by Gasteiger charge is -2.35. The zero-order valence-electron chi connectivity index (χ0n) is 12.1. The first kappa shape index (κ1) is 15.4. The molecule has 1 saturated heterocycles. The highest BCUT2D eigenvalue weighted by atomic mass is 16.5. The Morgan fingerprint density at radius 3 is 2.56 bits per heavy atom. The molecule has 1 heterocycles. The Labute approximate surface area is 111 Å². The third-order valence-corrected chi connectivity index (χ3v) is 3.32. The van der Waals surface area contributed by atoms with Gasteiger partial charge in [-0.05, 0) is 18.8 Å². The fraction of sp³-hybridized carbons (Fsp3) is 0.929. The lowest BCUT2D eigenvalue weighted by Crippen LogP contribution is -2.49. The highest BCUT2D eigenvalue weighted by Gasteiger charge is 2.22. The molecule has 0 radical (unpaired) electrons. The number of nitrogens with zero attached hydrogens (tertiary/aromatic N) is 1. The number of rotatable bonds is 7. The maximum Gasteiger partial charge on any atom is 0.220 e. The number of carbonyl (C=O) groups is 1. The predicted molar refractivity (Wildman–Crippen MR) is 73.6 cm³/mol. The van der Waals surface area contributed by atoms with E-state index in [-0.39, 0.29) is 5.91 Å². The van der Waals surface area contributed by atoms with E-state index in [1.807, 2.05) is 6.92 Å². The summed E-state index contributed by atoms with van der Waals surface area (Å²) in [5, 5.41) is 3.06. The van der Waals surface area contributed by atoms with Crippen LogP contribution >= 0.6 is 0 Å². The molecule has 1 atom stereocenters. The summed E-state index contributed by atoms with van der Waals surface area (Å²) >= 11 is 0. The molecule has 1 N–H and O–H groups in total. The number of carbonyl (C=O) groups excluding carboxylic acids is 1. The second-order valence-corrected chi connectivity index (χ2v) is 5.49. The maximum atomic E-state index is 11.6. The number of ether oxygens (including phenoxy) is 1. The van der Waals surface area contributed by atoms with Crippen LogP contribution in [0.25, 0.3) is 0 Å². The fourth-order valence-corrected chi connectivity index (χ4v) is 2.40. The van der Waals surface area contributed by atoms with E-state index in [0.717, 1.165) is 45.7 Å². The van der Waals surface area contributed by atoms with Crippen LogP contribution in [0.2, 0.25) is 0 Å². The van der Waals surface area contributed by atoms with Crippen LogP contribution < -0.4 is 5.32 Å². The second-order valence-electron chi connectivity index (χ2n) is 5.49.